The first kappa shape index (κ1) is 21.4. The topological polar surface area (TPSA) is 74.0 Å². The van der Waals surface area contributed by atoms with E-state index in [1.807, 2.05) is 62.5 Å². The highest BCUT2D eigenvalue weighted by Crippen LogP contribution is 2.19. The van der Waals surface area contributed by atoms with Gasteiger partial charge in [0.2, 0.25) is 5.91 Å². The number of aromatic nitrogens is 1. The Hall–Kier alpha value is -3.86. The van der Waals surface area contributed by atoms with E-state index < -0.39 is 6.04 Å². The number of aromatic amines is 1. The summed E-state index contributed by atoms with van der Waals surface area (Å²) >= 11 is 0. The SMILES string of the molecule is Cc1cc(C)cc(CNC(=O)C(Cc2c[nH]c3ccccc23)NC(=O)c2ccccc2)c1. The Morgan fingerprint density at radius 1 is 0.906 bits per heavy atom. The number of amides is 2. The molecule has 0 bridgehead atoms. The minimum Gasteiger partial charge on any atom is -0.361 e. The molecule has 1 aromatic heterocycles. The maximum absolute atomic E-state index is 13.2. The minimum atomic E-state index is -0.701. The van der Waals surface area contributed by atoms with E-state index in [1.54, 1.807) is 12.1 Å². The van der Waals surface area contributed by atoms with Crippen molar-refractivity contribution in [2.75, 3.05) is 0 Å². The maximum atomic E-state index is 13.2. The number of nitrogens with one attached hydrogen (secondary N) is 3. The fourth-order valence-corrected chi connectivity index (χ4v) is 4.04. The van der Waals surface area contributed by atoms with E-state index in [9.17, 15) is 9.59 Å². The average molecular weight is 426 g/mol. The molecule has 4 aromatic rings. The van der Waals surface area contributed by atoms with E-state index in [4.69, 9.17) is 0 Å². The van der Waals surface area contributed by atoms with Crippen molar-refractivity contribution in [1.82, 2.24) is 15.6 Å². The zero-order valence-electron chi connectivity index (χ0n) is 18.3. The van der Waals surface area contributed by atoms with Crippen molar-refractivity contribution < 1.29 is 9.59 Å². The van der Waals surface area contributed by atoms with Crippen LogP contribution in [0.5, 0.6) is 0 Å². The summed E-state index contributed by atoms with van der Waals surface area (Å²) in [6.07, 6.45) is 2.30. The molecule has 1 heterocycles. The molecule has 0 saturated heterocycles. The summed E-state index contributed by atoms with van der Waals surface area (Å²) in [6, 6.07) is 22.4. The monoisotopic (exact) mass is 425 g/mol. The zero-order chi connectivity index (χ0) is 22.5. The van der Waals surface area contributed by atoms with Crippen LogP contribution < -0.4 is 10.6 Å². The molecule has 0 aliphatic rings. The molecule has 0 spiro atoms. The third-order valence-electron chi connectivity index (χ3n) is 5.50. The average Bonchev–Trinajstić information content (AvgIpc) is 3.20. The number of aryl methyl sites for hydroxylation is 2. The summed E-state index contributed by atoms with van der Waals surface area (Å²) in [6.45, 7) is 4.49. The number of benzene rings is 3. The number of hydrogen-bond acceptors (Lipinski definition) is 2. The second-order valence-electron chi connectivity index (χ2n) is 8.17. The van der Waals surface area contributed by atoms with E-state index in [0.29, 0.717) is 18.5 Å². The molecular formula is C27H27N3O2. The van der Waals surface area contributed by atoms with Crippen LogP contribution in [0.4, 0.5) is 0 Å². The van der Waals surface area contributed by atoms with Gasteiger partial charge in [-0.1, -0.05) is 65.7 Å². The molecule has 0 aliphatic heterocycles. The van der Waals surface area contributed by atoms with E-state index in [1.165, 1.54) is 0 Å². The van der Waals surface area contributed by atoms with Gasteiger partial charge in [-0.2, -0.15) is 0 Å². The van der Waals surface area contributed by atoms with Crippen molar-refractivity contribution in [1.29, 1.82) is 0 Å². The fourth-order valence-electron chi connectivity index (χ4n) is 4.04. The van der Waals surface area contributed by atoms with Crippen LogP contribution in [0, 0.1) is 13.8 Å². The van der Waals surface area contributed by atoms with Gasteiger partial charge in [-0.15, -0.1) is 0 Å². The molecule has 1 unspecified atom stereocenters. The highest BCUT2D eigenvalue weighted by Gasteiger charge is 2.23. The number of rotatable bonds is 7. The molecule has 1 atom stereocenters. The summed E-state index contributed by atoms with van der Waals surface area (Å²) in [5.74, 6) is -0.476. The Morgan fingerprint density at radius 3 is 2.34 bits per heavy atom. The van der Waals surface area contributed by atoms with Crippen LogP contribution in [0.25, 0.3) is 10.9 Å². The molecule has 0 aliphatic carbocycles. The molecule has 5 heteroatoms. The minimum absolute atomic E-state index is 0.210. The van der Waals surface area contributed by atoms with Crippen LogP contribution in [0.3, 0.4) is 0 Å². The summed E-state index contributed by atoms with van der Waals surface area (Å²) in [5.41, 5.74) is 5.87. The molecular weight excluding hydrogens is 398 g/mol. The van der Waals surface area contributed by atoms with Crippen molar-refractivity contribution in [3.05, 3.63) is 107 Å². The Kier molecular flexibility index (Phi) is 6.36. The van der Waals surface area contributed by atoms with Crippen LogP contribution in [-0.2, 0) is 17.8 Å². The molecule has 3 aromatic carbocycles. The quantitative estimate of drug-likeness (QED) is 0.409. The Labute approximate surface area is 187 Å². The molecule has 32 heavy (non-hydrogen) atoms. The van der Waals surface area contributed by atoms with Gasteiger partial charge >= 0.3 is 0 Å². The molecule has 0 saturated carbocycles. The third-order valence-corrected chi connectivity index (χ3v) is 5.50. The van der Waals surface area contributed by atoms with Crippen LogP contribution >= 0.6 is 0 Å². The van der Waals surface area contributed by atoms with Crippen molar-refractivity contribution in [2.24, 2.45) is 0 Å². The number of fused-ring (bicyclic) bond motifs is 1. The summed E-state index contributed by atoms with van der Waals surface area (Å²) in [7, 11) is 0. The van der Waals surface area contributed by atoms with E-state index >= 15 is 0 Å². The Balaban J connectivity index is 1.54. The largest absolute Gasteiger partial charge is 0.361 e. The Morgan fingerprint density at radius 2 is 1.59 bits per heavy atom. The first-order valence-electron chi connectivity index (χ1n) is 10.8. The van der Waals surface area contributed by atoms with Gasteiger partial charge in [0.1, 0.15) is 6.04 Å². The smallest absolute Gasteiger partial charge is 0.251 e. The summed E-state index contributed by atoms with van der Waals surface area (Å²) < 4.78 is 0. The second kappa shape index (κ2) is 9.52. The number of hydrogen-bond donors (Lipinski definition) is 3. The lowest BCUT2D eigenvalue weighted by Crippen LogP contribution is -2.47. The lowest BCUT2D eigenvalue weighted by Gasteiger charge is -2.19. The van der Waals surface area contributed by atoms with Crippen LogP contribution in [0.1, 0.15) is 32.6 Å². The molecule has 0 radical (unpaired) electrons. The number of carbonyl (C=O) groups is 2. The van der Waals surface area contributed by atoms with Gasteiger partial charge < -0.3 is 15.6 Å². The predicted octanol–water partition coefficient (Wildman–Crippen LogP) is 4.44. The molecule has 3 N–H and O–H groups in total. The van der Waals surface area contributed by atoms with E-state index in [-0.39, 0.29) is 11.8 Å². The van der Waals surface area contributed by atoms with Gasteiger partial charge in [-0.25, -0.2) is 0 Å². The van der Waals surface area contributed by atoms with Gasteiger partial charge in [0.05, 0.1) is 0 Å². The van der Waals surface area contributed by atoms with Crippen molar-refractivity contribution in [2.45, 2.75) is 32.9 Å². The van der Waals surface area contributed by atoms with Gasteiger partial charge in [0.25, 0.3) is 5.91 Å². The van der Waals surface area contributed by atoms with Crippen molar-refractivity contribution >= 4 is 22.7 Å². The third kappa shape index (κ3) is 5.06. The first-order chi connectivity index (χ1) is 15.5. The predicted molar refractivity (Wildman–Crippen MR) is 127 cm³/mol. The molecule has 0 fully saturated rings. The Bertz CT molecular complexity index is 1220. The zero-order valence-corrected chi connectivity index (χ0v) is 18.3. The molecule has 2 amide bonds. The first-order valence-corrected chi connectivity index (χ1v) is 10.8. The molecule has 162 valence electrons. The maximum Gasteiger partial charge on any atom is 0.251 e. The number of para-hydroxylation sites is 1. The second-order valence-corrected chi connectivity index (χ2v) is 8.17. The van der Waals surface area contributed by atoms with E-state index in [2.05, 4.69) is 33.8 Å². The lowest BCUT2D eigenvalue weighted by molar-refractivity contribution is -0.123. The lowest BCUT2D eigenvalue weighted by atomic mass is 10.0. The van der Waals surface area contributed by atoms with Crippen molar-refractivity contribution in [3.63, 3.8) is 0 Å². The van der Waals surface area contributed by atoms with Crippen molar-refractivity contribution in [3.8, 4) is 0 Å². The summed E-state index contributed by atoms with van der Waals surface area (Å²) in [4.78, 5) is 29.2. The number of carbonyl (C=O) groups excluding carboxylic acids is 2. The number of H-pyrrole nitrogens is 1. The summed E-state index contributed by atoms with van der Waals surface area (Å²) in [5, 5.41) is 6.99. The van der Waals surface area contributed by atoms with Gasteiger partial charge in [0, 0.05) is 35.6 Å². The normalized spacial score (nSPS) is 11.8. The molecule has 5 nitrogen and oxygen atoms in total. The highest BCUT2D eigenvalue weighted by atomic mass is 16.2. The fraction of sp³-hybridized carbons (Fsp3) is 0.185. The highest BCUT2D eigenvalue weighted by molar-refractivity contribution is 5.97. The van der Waals surface area contributed by atoms with Crippen LogP contribution in [-0.4, -0.2) is 22.8 Å². The standard InChI is InChI=1S/C27H27N3O2/c1-18-12-19(2)14-20(13-18)16-29-27(32)25(30-26(31)21-8-4-3-5-9-21)15-22-17-28-24-11-7-6-10-23(22)24/h3-14,17,25,28H,15-16H2,1-2H3,(H,29,32)(H,30,31). The van der Waals surface area contributed by atoms with Gasteiger partial charge in [-0.3, -0.25) is 9.59 Å². The molecule has 4 rings (SSSR count). The van der Waals surface area contributed by atoms with Crippen LogP contribution in [0.2, 0.25) is 0 Å². The van der Waals surface area contributed by atoms with Crippen LogP contribution in [0.15, 0.2) is 79.0 Å². The van der Waals surface area contributed by atoms with Gasteiger partial charge in [0.15, 0.2) is 0 Å². The van der Waals surface area contributed by atoms with E-state index in [0.717, 1.165) is 33.2 Å². The van der Waals surface area contributed by atoms with Gasteiger partial charge in [-0.05, 0) is 43.2 Å².